The van der Waals surface area contributed by atoms with Crippen molar-refractivity contribution in [1.29, 1.82) is 0 Å². The van der Waals surface area contributed by atoms with Gasteiger partial charge in [0.25, 0.3) is 0 Å². The van der Waals surface area contributed by atoms with E-state index in [-0.39, 0.29) is 11.9 Å². The molecule has 0 saturated heterocycles. The highest BCUT2D eigenvalue weighted by Crippen LogP contribution is 2.30. The monoisotopic (exact) mass is 190 g/mol. The van der Waals surface area contributed by atoms with Gasteiger partial charge in [-0.1, -0.05) is 19.1 Å². The van der Waals surface area contributed by atoms with Crippen molar-refractivity contribution in [3.05, 3.63) is 29.8 Å². The van der Waals surface area contributed by atoms with E-state index in [1.807, 2.05) is 24.3 Å². The molecule has 1 fully saturated rings. The highest BCUT2D eigenvalue weighted by Gasteiger charge is 2.31. The summed E-state index contributed by atoms with van der Waals surface area (Å²) in [7, 11) is 0. The maximum atomic E-state index is 11.4. The zero-order valence-electron chi connectivity index (χ0n) is 8.32. The number of carbonyl (C=O) groups excluding carboxylic acids is 1. The average Bonchev–Trinajstić information content (AvgIpc) is 3.01. The van der Waals surface area contributed by atoms with Crippen molar-refractivity contribution in [2.24, 2.45) is 5.92 Å². The summed E-state index contributed by atoms with van der Waals surface area (Å²) < 4.78 is 5.24. The van der Waals surface area contributed by atoms with E-state index in [4.69, 9.17) is 4.74 Å². The van der Waals surface area contributed by atoms with Crippen molar-refractivity contribution >= 4 is 5.97 Å². The maximum Gasteiger partial charge on any atom is 0.314 e. The van der Waals surface area contributed by atoms with Gasteiger partial charge in [-0.3, -0.25) is 4.79 Å². The third-order valence-electron chi connectivity index (χ3n) is 2.44. The van der Waals surface area contributed by atoms with Gasteiger partial charge in [-0.15, -0.1) is 0 Å². The SMILES string of the molecule is CCc1cccc(OC(=O)C2CC2)c1. The summed E-state index contributed by atoms with van der Waals surface area (Å²) in [5.41, 5.74) is 1.20. The van der Waals surface area contributed by atoms with Crippen molar-refractivity contribution < 1.29 is 9.53 Å². The average molecular weight is 190 g/mol. The lowest BCUT2D eigenvalue weighted by molar-refractivity contribution is -0.135. The first kappa shape index (κ1) is 9.25. The van der Waals surface area contributed by atoms with Crippen molar-refractivity contribution in [2.45, 2.75) is 26.2 Å². The lowest BCUT2D eigenvalue weighted by Gasteiger charge is -2.04. The summed E-state index contributed by atoms with van der Waals surface area (Å²) in [6.45, 7) is 2.09. The number of rotatable bonds is 3. The summed E-state index contributed by atoms with van der Waals surface area (Å²) in [4.78, 5) is 11.4. The number of esters is 1. The van der Waals surface area contributed by atoms with E-state index in [0.717, 1.165) is 19.3 Å². The van der Waals surface area contributed by atoms with E-state index < -0.39 is 0 Å². The lowest BCUT2D eigenvalue weighted by Crippen LogP contribution is -2.09. The Labute approximate surface area is 83.9 Å². The van der Waals surface area contributed by atoms with Crippen LogP contribution in [0.4, 0.5) is 0 Å². The van der Waals surface area contributed by atoms with Crippen LogP contribution in [0.15, 0.2) is 24.3 Å². The van der Waals surface area contributed by atoms with E-state index in [1.165, 1.54) is 5.56 Å². The van der Waals surface area contributed by atoms with Gasteiger partial charge < -0.3 is 4.74 Å². The Morgan fingerprint density at radius 2 is 2.29 bits per heavy atom. The number of hydrogen-bond acceptors (Lipinski definition) is 2. The Balaban J connectivity index is 2.04. The zero-order valence-corrected chi connectivity index (χ0v) is 8.32. The molecule has 1 aliphatic rings. The second-order valence-electron chi connectivity index (χ2n) is 3.70. The summed E-state index contributed by atoms with van der Waals surface area (Å²) >= 11 is 0. The van der Waals surface area contributed by atoms with Gasteiger partial charge in [0.15, 0.2) is 0 Å². The molecule has 0 amide bonds. The minimum atomic E-state index is -0.0711. The second-order valence-corrected chi connectivity index (χ2v) is 3.70. The highest BCUT2D eigenvalue weighted by molar-refractivity contribution is 5.77. The van der Waals surface area contributed by atoms with Crippen LogP contribution in [-0.2, 0) is 11.2 Å². The zero-order chi connectivity index (χ0) is 9.97. The summed E-state index contributed by atoms with van der Waals surface area (Å²) in [6.07, 6.45) is 2.95. The predicted octanol–water partition coefficient (Wildman–Crippen LogP) is 2.56. The molecule has 0 aliphatic heterocycles. The van der Waals surface area contributed by atoms with E-state index in [9.17, 15) is 4.79 Å². The summed E-state index contributed by atoms with van der Waals surface area (Å²) in [5, 5.41) is 0. The van der Waals surface area contributed by atoms with Crippen molar-refractivity contribution in [2.75, 3.05) is 0 Å². The van der Waals surface area contributed by atoms with Crippen molar-refractivity contribution in [3.63, 3.8) is 0 Å². The van der Waals surface area contributed by atoms with Crippen LogP contribution in [0.1, 0.15) is 25.3 Å². The van der Waals surface area contributed by atoms with Gasteiger partial charge in [-0.2, -0.15) is 0 Å². The molecule has 0 bridgehead atoms. The van der Waals surface area contributed by atoms with E-state index in [2.05, 4.69) is 6.92 Å². The number of carbonyl (C=O) groups is 1. The largest absolute Gasteiger partial charge is 0.426 e. The van der Waals surface area contributed by atoms with Crippen molar-refractivity contribution in [3.8, 4) is 5.75 Å². The molecule has 2 nitrogen and oxygen atoms in total. The van der Waals surface area contributed by atoms with Crippen LogP contribution >= 0.6 is 0 Å². The molecule has 1 saturated carbocycles. The molecule has 1 aromatic carbocycles. The molecular formula is C12H14O2. The molecule has 2 rings (SSSR count). The van der Waals surface area contributed by atoms with E-state index >= 15 is 0 Å². The van der Waals surface area contributed by atoms with Gasteiger partial charge in [-0.05, 0) is 37.0 Å². The minimum absolute atomic E-state index is 0.0711. The highest BCUT2D eigenvalue weighted by atomic mass is 16.5. The topological polar surface area (TPSA) is 26.3 Å². The van der Waals surface area contributed by atoms with Crippen LogP contribution in [0.2, 0.25) is 0 Å². The van der Waals surface area contributed by atoms with Gasteiger partial charge in [0.05, 0.1) is 5.92 Å². The fourth-order valence-corrected chi connectivity index (χ4v) is 1.35. The fraction of sp³-hybridized carbons (Fsp3) is 0.417. The molecular weight excluding hydrogens is 176 g/mol. The Kier molecular flexibility index (Phi) is 2.53. The maximum absolute atomic E-state index is 11.4. The molecule has 14 heavy (non-hydrogen) atoms. The Morgan fingerprint density at radius 1 is 1.50 bits per heavy atom. The standard InChI is InChI=1S/C12H14O2/c1-2-9-4-3-5-11(8-9)14-12(13)10-6-7-10/h3-5,8,10H,2,6-7H2,1H3. The second kappa shape index (κ2) is 3.82. The number of benzene rings is 1. The van der Waals surface area contributed by atoms with E-state index in [0.29, 0.717) is 5.75 Å². The van der Waals surface area contributed by atoms with Crippen molar-refractivity contribution in [1.82, 2.24) is 0 Å². The fourth-order valence-electron chi connectivity index (χ4n) is 1.35. The Bertz CT molecular complexity index is 340. The van der Waals surface area contributed by atoms with Gasteiger partial charge in [-0.25, -0.2) is 0 Å². The van der Waals surface area contributed by atoms with E-state index in [1.54, 1.807) is 0 Å². The molecule has 0 unspecified atom stereocenters. The summed E-state index contributed by atoms with van der Waals surface area (Å²) in [6, 6.07) is 7.72. The molecule has 1 aromatic rings. The predicted molar refractivity (Wildman–Crippen MR) is 54.2 cm³/mol. The number of hydrogen-bond donors (Lipinski definition) is 0. The van der Waals surface area contributed by atoms with Crippen LogP contribution in [0.3, 0.4) is 0 Å². The van der Waals surface area contributed by atoms with Gasteiger partial charge >= 0.3 is 5.97 Å². The minimum Gasteiger partial charge on any atom is -0.426 e. The number of ether oxygens (including phenoxy) is 1. The Hall–Kier alpha value is -1.31. The molecule has 1 aliphatic carbocycles. The van der Waals surface area contributed by atoms with Crippen LogP contribution in [0.5, 0.6) is 5.75 Å². The first-order valence-corrected chi connectivity index (χ1v) is 5.10. The molecule has 0 spiro atoms. The van der Waals surface area contributed by atoms with Crippen LogP contribution in [-0.4, -0.2) is 5.97 Å². The van der Waals surface area contributed by atoms with Gasteiger partial charge in [0.2, 0.25) is 0 Å². The molecule has 74 valence electrons. The number of aryl methyl sites for hydroxylation is 1. The molecule has 0 radical (unpaired) electrons. The Morgan fingerprint density at radius 3 is 2.93 bits per heavy atom. The third-order valence-corrected chi connectivity index (χ3v) is 2.44. The van der Waals surface area contributed by atoms with Crippen LogP contribution in [0.25, 0.3) is 0 Å². The molecule has 2 heteroatoms. The normalized spacial score (nSPS) is 15.2. The summed E-state index contributed by atoms with van der Waals surface area (Å²) in [5.74, 6) is 0.778. The lowest BCUT2D eigenvalue weighted by atomic mass is 10.2. The molecule has 0 atom stereocenters. The molecule has 0 N–H and O–H groups in total. The molecule has 0 heterocycles. The van der Waals surface area contributed by atoms with Gasteiger partial charge in [0, 0.05) is 0 Å². The first-order valence-electron chi connectivity index (χ1n) is 5.10. The third kappa shape index (κ3) is 2.13. The van der Waals surface area contributed by atoms with Crippen LogP contribution < -0.4 is 4.74 Å². The first-order chi connectivity index (χ1) is 6.79. The van der Waals surface area contributed by atoms with Gasteiger partial charge in [0.1, 0.15) is 5.75 Å². The quantitative estimate of drug-likeness (QED) is 0.541. The molecule has 0 aromatic heterocycles. The smallest absolute Gasteiger partial charge is 0.314 e. The van der Waals surface area contributed by atoms with Crippen LogP contribution in [0, 0.1) is 5.92 Å².